The van der Waals surface area contributed by atoms with Gasteiger partial charge in [0.25, 0.3) is 5.91 Å². The molecule has 2 saturated heterocycles. The second-order valence-corrected chi connectivity index (χ2v) is 15.2. The summed E-state index contributed by atoms with van der Waals surface area (Å²) in [6.45, 7) is 5.93. The third-order valence-corrected chi connectivity index (χ3v) is 10.5. The van der Waals surface area contributed by atoms with Crippen molar-refractivity contribution in [3.05, 3.63) is 40.5 Å². The molecule has 0 radical (unpaired) electrons. The number of aryl methyl sites for hydroxylation is 1. The van der Waals surface area contributed by atoms with Crippen LogP contribution in [-0.2, 0) is 35.8 Å². The van der Waals surface area contributed by atoms with Crippen LogP contribution in [0, 0.1) is 11.8 Å². The SMILES string of the molecule is Cn1c(=O)n(C2CCC(=O)NC2=O)c2ccc(NCC3CCC(C(=O)N4CCC5=CC[C@@H](C(=O)O)N5C(=O)[C@@H](NC(=O)OC(C)(C)C)C4)CC3)cc21. The molecular formula is C36H47N7O9. The van der Waals surface area contributed by atoms with Crippen molar-refractivity contribution in [2.24, 2.45) is 18.9 Å². The number of imidazole rings is 1. The minimum Gasteiger partial charge on any atom is -0.480 e. The number of piperidine rings is 1. The highest BCUT2D eigenvalue weighted by atomic mass is 16.6. The van der Waals surface area contributed by atoms with Gasteiger partial charge in [-0.3, -0.25) is 38.5 Å². The quantitative estimate of drug-likeness (QED) is 0.307. The topological polar surface area (TPSA) is 201 Å². The van der Waals surface area contributed by atoms with E-state index in [1.807, 2.05) is 12.1 Å². The van der Waals surface area contributed by atoms with Gasteiger partial charge in [-0.1, -0.05) is 6.08 Å². The van der Waals surface area contributed by atoms with E-state index in [9.17, 15) is 38.7 Å². The molecular weight excluding hydrogens is 674 g/mol. The highest BCUT2D eigenvalue weighted by Gasteiger charge is 2.43. The van der Waals surface area contributed by atoms with Crippen LogP contribution in [0.5, 0.6) is 0 Å². The lowest BCUT2D eigenvalue weighted by atomic mass is 9.81. The van der Waals surface area contributed by atoms with Crippen molar-refractivity contribution in [3.8, 4) is 0 Å². The third kappa shape index (κ3) is 7.55. The summed E-state index contributed by atoms with van der Waals surface area (Å²) < 4.78 is 8.34. The first-order valence-corrected chi connectivity index (χ1v) is 17.9. The molecule has 4 heterocycles. The average molecular weight is 722 g/mol. The Bertz CT molecular complexity index is 1880. The van der Waals surface area contributed by atoms with E-state index in [0.717, 1.165) is 18.5 Å². The second-order valence-electron chi connectivity index (χ2n) is 15.2. The van der Waals surface area contributed by atoms with E-state index in [1.54, 1.807) is 44.9 Å². The van der Waals surface area contributed by atoms with Gasteiger partial charge in [0.15, 0.2) is 0 Å². The van der Waals surface area contributed by atoms with Crippen molar-refractivity contribution in [3.63, 3.8) is 0 Å². The largest absolute Gasteiger partial charge is 0.480 e. The van der Waals surface area contributed by atoms with Crippen LogP contribution in [-0.4, -0.2) is 97.1 Å². The van der Waals surface area contributed by atoms with Crippen LogP contribution in [0.4, 0.5) is 10.5 Å². The van der Waals surface area contributed by atoms with Crippen LogP contribution < -0.4 is 21.6 Å². The van der Waals surface area contributed by atoms with Crippen molar-refractivity contribution in [2.45, 2.75) is 95.9 Å². The van der Waals surface area contributed by atoms with Crippen LogP contribution in [0.2, 0.25) is 0 Å². The molecule has 1 saturated carbocycles. The summed E-state index contributed by atoms with van der Waals surface area (Å²) in [4.78, 5) is 92.5. The Balaban J connectivity index is 1.08. The van der Waals surface area contributed by atoms with Crippen LogP contribution in [0.1, 0.15) is 78.2 Å². The normalized spacial score (nSPS) is 25.5. The number of aromatic nitrogens is 2. The highest BCUT2D eigenvalue weighted by Crippen LogP contribution is 2.33. The molecule has 5 amide bonds. The summed E-state index contributed by atoms with van der Waals surface area (Å²) >= 11 is 0. The lowest BCUT2D eigenvalue weighted by molar-refractivity contribution is -0.150. The molecule has 16 nitrogen and oxygen atoms in total. The maximum atomic E-state index is 13.9. The molecule has 3 atom stereocenters. The molecule has 1 aromatic carbocycles. The number of nitrogens with one attached hydrogen (secondary N) is 3. The molecule has 4 N–H and O–H groups in total. The molecule has 6 rings (SSSR count). The number of anilines is 1. The fourth-order valence-corrected chi connectivity index (χ4v) is 7.78. The van der Waals surface area contributed by atoms with Gasteiger partial charge in [-0.05, 0) is 83.4 Å². The van der Waals surface area contributed by atoms with Gasteiger partial charge >= 0.3 is 17.8 Å². The van der Waals surface area contributed by atoms with E-state index in [2.05, 4.69) is 16.0 Å². The zero-order valence-corrected chi connectivity index (χ0v) is 30.0. The lowest BCUT2D eigenvalue weighted by Gasteiger charge is -2.38. The van der Waals surface area contributed by atoms with E-state index in [1.165, 1.54) is 14.0 Å². The molecule has 0 bridgehead atoms. The number of carboxylic acids is 1. The van der Waals surface area contributed by atoms with E-state index in [-0.39, 0.29) is 61.7 Å². The summed E-state index contributed by atoms with van der Waals surface area (Å²) in [5.74, 6) is -2.60. The van der Waals surface area contributed by atoms with Gasteiger partial charge < -0.3 is 25.4 Å². The fraction of sp³-hybridized carbons (Fsp3) is 0.583. The first kappa shape index (κ1) is 36.6. The Labute approximate surface area is 300 Å². The summed E-state index contributed by atoms with van der Waals surface area (Å²) in [6, 6.07) is 2.55. The molecule has 280 valence electrons. The van der Waals surface area contributed by atoms with Gasteiger partial charge in [-0.25, -0.2) is 14.4 Å². The Hall–Kier alpha value is -5.15. The molecule has 1 aliphatic carbocycles. The summed E-state index contributed by atoms with van der Waals surface area (Å²) in [7, 11) is 1.65. The zero-order valence-electron chi connectivity index (χ0n) is 30.0. The Morgan fingerprint density at radius 3 is 2.40 bits per heavy atom. The molecule has 16 heteroatoms. The first-order valence-electron chi connectivity index (χ1n) is 17.9. The lowest BCUT2D eigenvalue weighted by Crippen LogP contribution is -2.59. The van der Waals surface area contributed by atoms with Crippen molar-refractivity contribution in [2.75, 3.05) is 25.0 Å². The van der Waals surface area contributed by atoms with Gasteiger partial charge in [-0.15, -0.1) is 0 Å². The molecule has 0 spiro atoms. The fourth-order valence-electron chi connectivity index (χ4n) is 7.78. The number of nitrogens with zero attached hydrogens (tertiary/aromatic N) is 4. The van der Waals surface area contributed by atoms with E-state index < -0.39 is 47.6 Å². The molecule has 3 fully saturated rings. The monoisotopic (exact) mass is 721 g/mol. The second kappa shape index (κ2) is 14.5. The third-order valence-electron chi connectivity index (χ3n) is 10.5. The van der Waals surface area contributed by atoms with Crippen molar-refractivity contribution in [1.29, 1.82) is 0 Å². The predicted octanol–water partition coefficient (Wildman–Crippen LogP) is 2.23. The Morgan fingerprint density at radius 2 is 1.73 bits per heavy atom. The minimum atomic E-state index is -1.18. The number of imide groups is 1. The predicted molar refractivity (Wildman–Crippen MR) is 188 cm³/mol. The maximum absolute atomic E-state index is 13.9. The minimum absolute atomic E-state index is 0.0925. The summed E-state index contributed by atoms with van der Waals surface area (Å²) in [5.41, 5.74) is 1.47. The molecule has 2 aromatic rings. The van der Waals surface area contributed by atoms with Crippen molar-refractivity contribution < 1.29 is 38.6 Å². The van der Waals surface area contributed by atoms with E-state index in [4.69, 9.17) is 4.74 Å². The first-order chi connectivity index (χ1) is 24.6. The van der Waals surface area contributed by atoms with Gasteiger partial charge in [-0.2, -0.15) is 0 Å². The number of alkyl carbamates (subject to hydrolysis) is 1. The smallest absolute Gasteiger partial charge is 0.408 e. The number of carboxylic acid groups (broad SMARTS) is 1. The Kier molecular flexibility index (Phi) is 10.2. The maximum Gasteiger partial charge on any atom is 0.408 e. The van der Waals surface area contributed by atoms with Crippen molar-refractivity contribution in [1.82, 2.24) is 29.6 Å². The van der Waals surface area contributed by atoms with E-state index >= 15 is 0 Å². The van der Waals surface area contributed by atoms with Gasteiger partial charge in [0.05, 0.1) is 17.6 Å². The van der Waals surface area contributed by atoms with E-state index in [0.29, 0.717) is 42.5 Å². The summed E-state index contributed by atoms with van der Waals surface area (Å²) in [5, 5.41) is 18.2. The number of hydrogen-bond donors (Lipinski definition) is 4. The van der Waals surface area contributed by atoms with Gasteiger partial charge in [0.1, 0.15) is 23.7 Å². The Morgan fingerprint density at radius 1 is 1.00 bits per heavy atom. The van der Waals surface area contributed by atoms with Crippen molar-refractivity contribution >= 4 is 52.4 Å². The van der Waals surface area contributed by atoms with Gasteiger partial charge in [0, 0.05) is 50.3 Å². The molecule has 3 aliphatic heterocycles. The average Bonchev–Trinajstić information content (AvgIpc) is 3.61. The number of fused-ring (bicyclic) bond motifs is 2. The molecule has 1 aromatic heterocycles. The van der Waals surface area contributed by atoms with Crippen LogP contribution in [0.3, 0.4) is 0 Å². The standard InChI is InChI=1S/C36H47N7O9/c1-36(2,3)52-34(50)38-24-19-41(16-15-23-10-12-27(33(48)49)42(23)32(24)47)31(46)21-7-5-20(6-8-21)18-37-22-9-11-25-28(17-22)40(4)35(51)43(25)26-13-14-29(44)39-30(26)45/h9-11,17,20-21,24,26-27,37H,5-8,12-16,18-19H2,1-4H3,(H,38,50)(H,48,49)(H,39,44,45)/t20?,21?,24-,26?,27-/m0/s1. The summed E-state index contributed by atoms with van der Waals surface area (Å²) in [6.07, 6.45) is 4.70. The highest BCUT2D eigenvalue weighted by molar-refractivity contribution is 6.00. The molecule has 4 aliphatic rings. The number of rotatable bonds is 7. The molecule has 1 unspecified atom stereocenters. The van der Waals surface area contributed by atoms with Gasteiger partial charge in [0.2, 0.25) is 17.7 Å². The number of carbonyl (C=O) groups excluding carboxylic acids is 5. The van der Waals surface area contributed by atoms with Crippen LogP contribution in [0.25, 0.3) is 11.0 Å². The van der Waals surface area contributed by atoms with Crippen LogP contribution >= 0.6 is 0 Å². The number of ether oxygens (including phenoxy) is 1. The molecule has 52 heavy (non-hydrogen) atoms. The van der Waals surface area contributed by atoms with Crippen LogP contribution in [0.15, 0.2) is 34.8 Å². The zero-order chi connectivity index (χ0) is 37.5. The number of aliphatic carboxylic acids is 1. The number of benzene rings is 1. The number of amides is 5. The number of hydrogen-bond acceptors (Lipinski definition) is 9. The number of carbonyl (C=O) groups is 6.